The van der Waals surface area contributed by atoms with Crippen LogP contribution >= 0.6 is 0 Å². The third-order valence-corrected chi connectivity index (χ3v) is 2.19. The molecular weight excluding hydrogens is 223 g/mol. The number of nitrogens with one attached hydrogen (secondary N) is 1. The molecular formula is C12H11FN2O2. The van der Waals surface area contributed by atoms with Crippen LogP contribution < -0.4 is 10.3 Å². The van der Waals surface area contributed by atoms with Crippen LogP contribution in [0, 0.1) is 19.7 Å². The molecule has 0 fully saturated rings. The first kappa shape index (κ1) is 11.3. The summed E-state index contributed by atoms with van der Waals surface area (Å²) in [6, 6.07) is 5.59. The third-order valence-electron chi connectivity index (χ3n) is 2.19. The Kier molecular flexibility index (Phi) is 2.91. The zero-order valence-electron chi connectivity index (χ0n) is 9.45. The van der Waals surface area contributed by atoms with Crippen LogP contribution in [0.3, 0.4) is 0 Å². The van der Waals surface area contributed by atoms with Crippen molar-refractivity contribution in [1.29, 1.82) is 0 Å². The van der Waals surface area contributed by atoms with Crippen LogP contribution in [-0.2, 0) is 0 Å². The van der Waals surface area contributed by atoms with Crippen LogP contribution in [0.15, 0.2) is 29.1 Å². The van der Waals surface area contributed by atoms with Gasteiger partial charge in [0.2, 0.25) is 5.88 Å². The van der Waals surface area contributed by atoms with E-state index in [0.717, 1.165) is 0 Å². The molecule has 0 radical (unpaired) electrons. The SMILES string of the molecule is Cc1nc(Oc2ccc(F)c(C)c2)cc(=O)[nH]1. The molecule has 0 saturated carbocycles. The molecule has 0 atom stereocenters. The molecule has 1 N–H and O–H groups in total. The number of nitrogens with zero attached hydrogens (tertiary/aromatic N) is 1. The number of hydrogen-bond acceptors (Lipinski definition) is 3. The average molecular weight is 234 g/mol. The summed E-state index contributed by atoms with van der Waals surface area (Å²) >= 11 is 0. The summed E-state index contributed by atoms with van der Waals surface area (Å²) in [5, 5.41) is 0. The minimum atomic E-state index is -0.299. The van der Waals surface area contributed by atoms with Gasteiger partial charge >= 0.3 is 0 Å². The summed E-state index contributed by atoms with van der Waals surface area (Å²) in [7, 11) is 0. The zero-order valence-corrected chi connectivity index (χ0v) is 9.45. The number of H-pyrrole nitrogens is 1. The van der Waals surface area contributed by atoms with Crippen LogP contribution in [0.5, 0.6) is 11.6 Å². The van der Waals surface area contributed by atoms with Crippen molar-refractivity contribution in [2.24, 2.45) is 0 Å². The first-order valence-corrected chi connectivity index (χ1v) is 5.06. The predicted molar refractivity (Wildman–Crippen MR) is 60.8 cm³/mol. The van der Waals surface area contributed by atoms with E-state index in [0.29, 0.717) is 17.1 Å². The van der Waals surface area contributed by atoms with Gasteiger partial charge in [-0.3, -0.25) is 4.79 Å². The third kappa shape index (κ3) is 2.69. The predicted octanol–water partition coefficient (Wildman–Crippen LogP) is 2.32. The van der Waals surface area contributed by atoms with Gasteiger partial charge in [0, 0.05) is 0 Å². The standard InChI is InChI=1S/C12H11FN2O2/c1-7-5-9(3-4-10(7)13)17-12-6-11(16)14-8(2)15-12/h3-6H,1-2H3,(H,14,15,16). The molecule has 1 heterocycles. The molecule has 1 aromatic heterocycles. The van der Waals surface area contributed by atoms with Gasteiger partial charge < -0.3 is 9.72 Å². The molecule has 0 saturated heterocycles. The van der Waals surface area contributed by atoms with E-state index in [2.05, 4.69) is 9.97 Å². The molecule has 2 aromatic rings. The van der Waals surface area contributed by atoms with E-state index >= 15 is 0 Å². The van der Waals surface area contributed by atoms with Gasteiger partial charge in [0.15, 0.2) is 0 Å². The minimum absolute atomic E-state index is 0.192. The molecule has 4 nitrogen and oxygen atoms in total. The van der Waals surface area contributed by atoms with Crippen molar-refractivity contribution in [2.75, 3.05) is 0 Å². The number of rotatable bonds is 2. The fourth-order valence-corrected chi connectivity index (χ4v) is 1.41. The van der Waals surface area contributed by atoms with E-state index in [9.17, 15) is 9.18 Å². The summed E-state index contributed by atoms with van der Waals surface area (Å²) in [4.78, 5) is 17.7. The first-order chi connectivity index (χ1) is 8.04. The maximum absolute atomic E-state index is 13.0. The van der Waals surface area contributed by atoms with E-state index in [1.165, 1.54) is 18.2 Å². The van der Waals surface area contributed by atoms with E-state index in [1.54, 1.807) is 19.9 Å². The van der Waals surface area contributed by atoms with Gasteiger partial charge in [-0.2, -0.15) is 0 Å². The van der Waals surface area contributed by atoms with Crippen LogP contribution in [0.2, 0.25) is 0 Å². The number of aromatic amines is 1. The average Bonchev–Trinajstić information content (AvgIpc) is 2.22. The van der Waals surface area contributed by atoms with Crippen molar-refractivity contribution >= 4 is 0 Å². The fraction of sp³-hybridized carbons (Fsp3) is 0.167. The molecule has 88 valence electrons. The van der Waals surface area contributed by atoms with Gasteiger partial charge in [0.05, 0.1) is 6.07 Å². The Balaban J connectivity index is 2.31. The number of aryl methyl sites for hydroxylation is 2. The van der Waals surface area contributed by atoms with Gasteiger partial charge in [-0.05, 0) is 37.6 Å². The minimum Gasteiger partial charge on any atom is -0.439 e. The van der Waals surface area contributed by atoms with Crippen molar-refractivity contribution in [3.63, 3.8) is 0 Å². The Labute approximate surface area is 97.1 Å². The van der Waals surface area contributed by atoms with E-state index in [1.807, 2.05) is 0 Å². The second kappa shape index (κ2) is 4.37. The van der Waals surface area contributed by atoms with Crippen LogP contribution in [0.25, 0.3) is 0 Å². The van der Waals surface area contributed by atoms with Gasteiger partial charge in [-0.15, -0.1) is 0 Å². The van der Waals surface area contributed by atoms with Gasteiger partial charge in [0.25, 0.3) is 5.56 Å². The summed E-state index contributed by atoms with van der Waals surface area (Å²) in [5.74, 6) is 0.803. The Morgan fingerprint density at radius 2 is 2.06 bits per heavy atom. The quantitative estimate of drug-likeness (QED) is 0.867. The number of aromatic nitrogens is 2. The zero-order chi connectivity index (χ0) is 12.4. The summed E-state index contributed by atoms with van der Waals surface area (Å²) < 4.78 is 18.4. The van der Waals surface area contributed by atoms with Crippen molar-refractivity contribution in [2.45, 2.75) is 13.8 Å². The molecule has 0 aliphatic heterocycles. The van der Waals surface area contributed by atoms with Crippen LogP contribution in [0.1, 0.15) is 11.4 Å². The smallest absolute Gasteiger partial charge is 0.254 e. The summed E-state index contributed by atoms with van der Waals surface area (Å²) in [5.41, 5.74) is 0.190. The Bertz CT molecular complexity index is 608. The molecule has 0 aliphatic rings. The molecule has 17 heavy (non-hydrogen) atoms. The van der Waals surface area contributed by atoms with Crippen LogP contribution in [-0.4, -0.2) is 9.97 Å². The van der Waals surface area contributed by atoms with Crippen molar-refractivity contribution < 1.29 is 9.13 Å². The van der Waals surface area contributed by atoms with Crippen molar-refractivity contribution in [3.8, 4) is 11.6 Å². The number of halogens is 1. The Hall–Kier alpha value is -2.17. The number of ether oxygens (including phenoxy) is 1. The highest BCUT2D eigenvalue weighted by atomic mass is 19.1. The Morgan fingerprint density at radius 1 is 1.29 bits per heavy atom. The molecule has 0 amide bonds. The molecule has 0 spiro atoms. The first-order valence-electron chi connectivity index (χ1n) is 5.06. The number of hydrogen-bond donors (Lipinski definition) is 1. The second-order valence-corrected chi connectivity index (χ2v) is 3.68. The highest BCUT2D eigenvalue weighted by Crippen LogP contribution is 2.20. The monoisotopic (exact) mass is 234 g/mol. The van der Waals surface area contributed by atoms with Crippen molar-refractivity contribution in [3.05, 3.63) is 51.8 Å². The largest absolute Gasteiger partial charge is 0.439 e. The summed E-state index contributed by atoms with van der Waals surface area (Å²) in [6.45, 7) is 3.29. The van der Waals surface area contributed by atoms with E-state index in [-0.39, 0.29) is 17.3 Å². The molecule has 0 aliphatic carbocycles. The highest BCUT2D eigenvalue weighted by Gasteiger charge is 2.03. The van der Waals surface area contributed by atoms with Crippen molar-refractivity contribution in [1.82, 2.24) is 9.97 Å². The maximum Gasteiger partial charge on any atom is 0.254 e. The topological polar surface area (TPSA) is 55.0 Å². The molecule has 1 aromatic carbocycles. The normalized spacial score (nSPS) is 10.3. The molecule has 2 rings (SSSR count). The van der Waals surface area contributed by atoms with Gasteiger partial charge in [0.1, 0.15) is 17.4 Å². The highest BCUT2D eigenvalue weighted by molar-refractivity contribution is 5.31. The van der Waals surface area contributed by atoms with E-state index in [4.69, 9.17) is 4.74 Å². The van der Waals surface area contributed by atoms with Crippen LogP contribution in [0.4, 0.5) is 4.39 Å². The molecule has 0 bridgehead atoms. The lowest BCUT2D eigenvalue weighted by Gasteiger charge is -2.06. The molecule has 0 unspecified atom stereocenters. The summed E-state index contributed by atoms with van der Waals surface area (Å²) in [6.07, 6.45) is 0. The lowest BCUT2D eigenvalue weighted by molar-refractivity contribution is 0.456. The lowest BCUT2D eigenvalue weighted by atomic mass is 10.2. The van der Waals surface area contributed by atoms with E-state index < -0.39 is 0 Å². The number of benzene rings is 1. The second-order valence-electron chi connectivity index (χ2n) is 3.68. The molecule has 5 heteroatoms. The fourth-order valence-electron chi connectivity index (χ4n) is 1.41. The Morgan fingerprint density at radius 3 is 2.71 bits per heavy atom. The maximum atomic E-state index is 13.0. The van der Waals surface area contributed by atoms with Gasteiger partial charge in [-0.1, -0.05) is 0 Å². The lowest BCUT2D eigenvalue weighted by Crippen LogP contribution is -2.08. The van der Waals surface area contributed by atoms with Gasteiger partial charge in [-0.25, -0.2) is 9.37 Å².